The molecule has 106 valence electrons. The van der Waals surface area contributed by atoms with E-state index >= 15 is 0 Å². The minimum absolute atomic E-state index is 0.100. The fourth-order valence-electron chi connectivity index (χ4n) is 1.82. The number of para-hydroxylation sites is 1. The van der Waals surface area contributed by atoms with Gasteiger partial charge in [0.05, 0.1) is 6.10 Å². The Labute approximate surface area is 124 Å². The highest BCUT2D eigenvalue weighted by molar-refractivity contribution is 7.98. The predicted molar refractivity (Wildman–Crippen MR) is 84.9 cm³/mol. The number of ether oxygens (including phenoxy) is 2. The lowest BCUT2D eigenvalue weighted by Gasteiger charge is -2.14. The Hall–Kier alpha value is -1.81. The van der Waals surface area contributed by atoms with Crippen LogP contribution < -0.4 is 15.2 Å². The number of hydrogen-bond donors (Lipinski definition) is 1. The van der Waals surface area contributed by atoms with Gasteiger partial charge in [0, 0.05) is 28.8 Å². The van der Waals surface area contributed by atoms with E-state index in [4.69, 9.17) is 15.2 Å². The van der Waals surface area contributed by atoms with E-state index in [0.717, 1.165) is 16.4 Å². The molecule has 4 heteroatoms. The number of rotatable bonds is 5. The summed E-state index contributed by atoms with van der Waals surface area (Å²) in [6.07, 6.45) is 2.12. The van der Waals surface area contributed by atoms with Crippen LogP contribution in [0.2, 0.25) is 0 Å². The van der Waals surface area contributed by atoms with Gasteiger partial charge in [0.1, 0.15) is 17.2 Å². The van der Waals surface area contributed by atoms with Crippen molar-refractivity contribution < 1.29 is 9.47 Å². The Morgan fingerprint density at radius 3 is 2.45 bits per heavy atom. The highest BCUT2D eigenvalue weighted by Crippen LogP contribution is 2.34. The molecule has 2 N–H and O–H groups in total. The lowest BCUT2D eigenvalue weighted by atomic mass is 10.2. The van der Waals surface area contributed by atoms with Gasteiger partial charge in [0.15, 0.2) is 0 Å². The number of nitrogen functional groups attached to an aromatic ring is 1. The number of hydrogen-bond acceptors (Lipinski definition) is 4. The molecule has 0 amide bonds. The third-order valence-electron chi connectivity index (χ3n) is 2.57. The monoisotopic (exact) mass is 289 g/mol. The summed E-state index contributed by atoms with van der Waals surface area (Å²) < 4.78 is 11.6. The molecule has 0 unspecified atom stereocenters. The molecule has 0 saturated carbocycles. The van der Waals surface area contributed by atoms with Crippen LogP contribution in [-0.4, -0.2) is 12.4 Å². The molecule has 20 heavy (non-hydrogen) atoms. The zero-order chi connectivity index (χ0) is 14.5. The van der Waals surface area contributed by atoms with E-state index < -0.39 is 0 Å². The van der Waals surface area contributed by atoms with Crippen LogP contribution in [-0.2, 0) is 0 Å². The maximum Gasteiger partial charge on any atom is 0.140 e. The largest absolute Gasteiger partial charge is 0.491 e. The van der Waals surface area contributed by atoms with Gasteiger partial charge in [0.25, 0.3) is 0 Å². The van der Waals surface area contributed by atoms with Gasteiger partial charge in [0.2, 0.25) is 0 Å². The van der Waals surface area contributed by atoms with Gasteiger partial charge in [-0.3, -0.25) is 0 Å². The molecule has 0 aliphatic rings. The number of thioether (sulfide) groups is 1. The average molecular weight is 289 g/mol. The second-order valence-corrected chi connectivity index (χ2v) is 5.51. The first kappa shape index (κ1) is 14.6. The van der Waals surface area contributed by atoms with Crippen LogP contribution in [0.4, 0.5) is 5.69 Å². The summed E-state index contributed by atoms with van der Waals surface area (Å²) in [5.41, 5.74) is 6.52. The first-order valence-electron chi connectivity index (χ1n) is 6.46. The predicted octanol–water partition coefficient (Wildman–Crippen LogP) is 4.57. The van der Waals surface area contributed by atoms with Crippen molar-refractivity contribution in [3.05, 3.63) is 42.5 Å². The molecule has 0 saturated heterocycles. The van der Waals surface area contributed by atoms with Crippen LogP contribution in [0.3, 0.4) is 0 Å². The molecular weight excluding hydrogens is 270 g/mol. The molecule has 0 heterocycles. The normalized spacial score (nSPS) is 10.6. The minimum Gasteiger partial charge on any atom is -0.491 e. The minimum atomic E-state index is 0.100. The van der Waals surface area contributed by atoms with E-state index in [9.17, 15) is 0 Å². The molecule has 3 nitrogen and oxygen atoms in total. The summed E-state index contributed by atoms with van der Waals surface area (Å²) in [4.78, 5) is 1.08. The van der Waals surface area contributed by atoms with E-state index in [1.54, 1.807) is 23.9 Å². The molecular formula is C16H19NO2S. The van der Waals surface area contributed by atoms with Gasteiger partial charge < -0.3 is 15.2 Å². The molecule has 2 rings (SSSR count). The van der Waals surface area contributed by atoms with Crippen molar-refractivity contribution >= 4 is 17.4 Å². The summed E-state index contributed by atoms with van der Waals surface area (Å²) in [6.45, 7) is 3.96. The molecule has 0 bridgehead atoms. The molecule has 2 aromatic rings. The van der Waals surface area contributed by atoms with Crippen LogP contribution in [0.5, 0.6) is 17.2 Å². The SMILES string of the molecule is CSc1ccccc1Oc1cc(N)cc(OC(C)C)c1. The summed E-state index contributed by atoms with van der Waals surface area (Å²) in [5, 5.41) is 0. The Morgan fingerprint density at radius 1 is 1.05 bits per heavy atom. The van der Waals surface area contributed by atoms with Crippen LogP contribution in [0.1, 0.15) is 13.8 Å². The third kappa shape index (κ3) is 3.84. The van der Waals surface area contributed by atoms with Crippen molar-refractivity contribution in [3.63, 3.8) is 0 Å². The zero-order valence-electron chi connectivity index (χ0n) is 11.9. The molecule has 0 radical (unpaired) electrons. The van der Waals surface area contributed by atoms with Crippen LogP contribution in [0, 0.1) is 0 Å². The smallest absolute Gasteiger partial charge is 0.140 e. The van der Waals surface area contributed by atoms with E-state index in [-0.39, 0.29) is 6.10 Å². The van der Waals surface area contributed by atoms with Crippen LogP contribution >= 0.6 is 11.8 Å². The molecule has 0 aliphatic carbocycles. The first-order chi connectivity index (χ1) is 9.58. The molecule has 0 fully saturated rings. The Kier molecular flexibility index (Phi) is 4.79. The number of benzene rings is 2. The molecule has 0 aliphatic heterocycles. The van der Waals surface area contributed by atoms with E-state index in [2.05, 4.69) is 0 Å². The standard InChI is InChI=1S/C16H19NO2S/c1-11(2)18-13-8-12(17)9-14(10-13)19-15-6-4-5-7-16(15)20-3/h4-11H,17H2,1-3H3. The number of nitrogens with two attached hydrogens (primary N) is 1. The van der Waals surface area contributed by atoms with E-state index in [1.165, 1.54) is 0 Å². The Balaban J connectivity index is 2.26. The first-order valence-corrected chi connectivity index (χ1v) is 7.69. The maximum atomic E-state index is 5.92. The van der Waals surface area contributed by atoms with E-state index in [0.29, 0.717) is 11.4 Å². The van der Waals surface area contributed by atoms with Crippen LogP contribution in [0.15, 0.2) is 47.4 Å². The second kappa shape index (κ2) is 6.57. The highest BCUT2D eigenvalue weighted by Gasteiger charge is 2.07. The number of anilines is 1. The van der Waals surface area contributed by atoms with Crippen molar-refractivity contribution in [2.75, 3.05) is 12.0 Å². The summed E-state index contributed by atoms with van der Waals surface area (Å²) in [7, 11) is 0. The quantitative estimate of drug-likeness (QED) is 0.647. The zero-order valence-corrected chi connectivity index (χ0v) is 12.7. The van der Waals surface area contributed by atoms with Crippen molar-refractivity contribution in [1.82, 2.24) is 0 Å². The summed E-state index contributed by atoms with van der Waals surface area (Å²) in [5.74, 6) is 2.22. The topological polar surface area (TPSA) is 44.5 Å². The average Bonchev–Trinajstić information content (AvgIpc) is 2.37. The lowest BCUT2D eigenvalue weighted by molar-refractivity contribution is 0.242. The lowest BCUT2D eigenvalue weighted by Crippen LogP contribution is -2.05. The fourth-order valence-corrected chi connectivity index (χ4v) is 2.35. The van der Waals surface area contributed by atoms with Gasteiger partial charge in [-0.05, 0) is 32.2 Å². The highest BCUT2D eigenvalue weighted by atomic mass is 32.2. The summed E-state index contributed by atoms with van der Waals surface area (Å²) >= 11 is 1.65. The van der Waals surface area contributed by atoms with Crippen molar-refractivity contribution in [2.24, 2.45) is 0 Å². The fraction of sp³-hybridized carbons (Fsp3) is 0.250. The van der Waals surface area contributed by atoms with Crippen molar-refractivity contribution in [3.8, 4) is 17.2 Å². The summed E-state index contributed by atoms with van der Waals surface area (Å²) in [6, 6.07) is 13.4. The van der Waals surface area contributed by atoms with Gasteiger partial charge in [-0.1, -0.05) is 12.1 Å². The Morgan fingerprint density at radius 2 is 1.75 bits per heavy atom. The maximum absolute atomic E-state index is 5.92. The van der Waals surface area contributed by atoms with E-state index in [1.807, 2.05) is 50.4 Å². The van der Waals surface area contributed by atoms with Gasteiger partial charge in [-0.15, -0.1) is 11.8 Å². The molecule has 0 spiro atoms. The molecule has 0 aromatic heterocycles. The molecule has 0 atom stereocenters. The second-order valence-electron chi connectivity index (χ2n) is 4.66. The third-order valence-corrected chi connectivity index (χ3v) is 3.35. The van der Waals surface area contributed by atoms with Crippen molar-refractivity contribution in [1.29, 1.82) is 0 Å². The Bertz CT molecular complexity index is 584. The van der Waals surface area contributed by atoms with Gasteiger partial charge in [-0.25, -0.2) is 0 Å². The van der Waals surface area contributed by atoms with Crippen molar-refractivity contribution in [2.45, 2.75) is 24.8 Å². The van der Waals surface area contributed by atoms with Crippen LogP contribution in [0.25, 0.3) is 0 Å². The van der Waals surface area contributed by atoms with Gasteiger partial charge >= 0.3 is 0 Å². The molecule has 2 aromatic carbocycles. The van der Waals surface area contributed by atoms with Gasteiger partial charge in [-0.2, -0.15) is 0 Å².